The van der Waals surface area contributed by atoms with E-state index in [1.807, 2.05) is 30.3 Å². The largest absolute Gasteiger partial charge is 0.478 e. The molecule has 1 atom stereocenters. The minimum absolute atomic E-state index is 0.0114. The number of ether oxygens (including phenoxy) is 1. The topological polar surface area (TPSA) is 75.6 Å². The SMILES string of the molecule is O=C(NC1CCc2c(F)ccc(C(=O)O)c21)OCc1ccccc1. The summed E-state index contributed by atoms with van der Waals surface area (Å²) in [5.41, 5.74) is 1.54. The molecule has 24 heavy (non-hydrogen) atoms. The summed E-state index contributed by atoms with van der Waals surface area (Å²) in [4.78, 5) is 23.3. The summed E-state index contributed by atoms with van der Waals surface area (Å²) in [5.74, 6) is -1.59. The molecule has 5 nitrogen and oxygen atoms in total. The maximum absolute atomic E-state index is 13.9. The number of rotatable bonds is 4. The number of carbonyl (C=O) groups is 2. The van der Waals surface area contributed by atoms with Crippen molar-refractivity contribution >= 4 is 12.1 Å². The van der Waals surface area contributed by atoms with Crippen LogP contribution in [0.2, 0.25) is 0 Å². The van der Waals surface area contributed by atoms with Crippen molar-refractivity contribution in [1.82, 2.24) is 5.32 Å². The highest BCUT2D eigenvalue weighted by Crippen LogP contribution is 2.35. The van der Waals surface area contributed by atoms with Gasteiger partial charge in [-0.05, 0) is 41.7 Å². The number of hydrogen-bond acceptors (Lipinski definition) is 3. The summed E-state index contributed by atoms with van der Waals surface area (Å²) < 4.78 is 19.0. The summed E-state index contributed by atoms with van der Waals surface area (Å²) in [5, 5.41) is 11.9. The molecule has 2 aromatic rings. The van der Waals surface area contributed by atoms with Crippen molar-refractivity contribution in [1.29, 1.82) is 0 Å². The van der Waals surface area contributed by atoms with E-state index in [9.17, 15) is 19.1 Å². The highest BCUT2D eigenvalue weighted by Gasteiger charge is 2.31. The van der Waals surface area contributed by atoms with Gasteiger partial charge >= 0.3 is 12.1 Å². The molecule has 1 aliphatic carbocycles. The average molecular weight is 329 g/mol. The fourth-order valence-electron chi connectivity index (χ4n) is 2.96. The lowest BCUT2D eigenvalue weighted by atomic mass is 10.0. The Bertz CT molecular complexity index is 776. The molecule has 0 radical (unpaired) electrons. The molecule has 1 aliphatic rings. The van der Waals surface area contributed by atoms with Gasteiger partial charge in [0.2, 0.25) is 0 Å². The quantitative estimate of drug-likeness (QED) is 0.901. The lowest BCUT2D eigenvalue weighted by molar-refractivity contribution is 0.0694. The van der Waals surface area contributed by atoms with E-state index >= 15 is 0 Å². The number of amides is 1. The lowest BCUT2D eigenvalue weighted by Crippen LogP contribution is -2.28. The molecule has 0 aliphatic heterocycles. The Kier molecular flexibility index (Phi) is 4.46. The van der Waals surface area contributed by atoms with Gasteiger partial charge in [0.15, 0.2) is 0 Å². The molecule has 0 spiro atoms. The van der Waals surface area contributed by atoms with Crippen LogP contribution in [-0.2, 0) is 17.8 Å². The first-order valence-corrected chi connectivity index (χ1v) is 7.58. The molecule has 124 valence electrons. The van der Waals surface area contributed by atoms with Gasteiger partial charge in [-0.3, -0.25) is 0 Å². The van der Waals surface area contributed by atoms with E-state index in [1.54, 1.807) is 0 Å². The number of carboxylic acids is 1. The molecule has 3 rings (SSSR count). The number of halogens is 1. The Morgan fingerprint density at radius 3 is 2.67 bits per heavy atom. The van der Waals surface area contributed by atoms with E-state index in [0.717, 1.165) is 11.6 Å². The van der Waals surface area contributed by atoms with Crippen LogP contribution in [0.1, 0.15) is 39.5 Å². The van der Waals surface area contributed by atoms with Crippen LogP contribution in [0.25, 0.3) is 0 Å². The van der Waals surface area contributed by atoms with Crippen LogP contribution in [0.4, 0.5) is 9.18 Å². The van der Waals surface area contributed by atoms with Crippen LogP contribution in [-0.4, -0.2) is 17.2 Å². The monoisotopic (exact) mass is 329 g/mol. The Morgan fingerprint density at radius 1 is 1.21 bits per heavy atom. The number of nitrogens with one attached hydrogen (secondary N) is 1. The second kappa shape index (κ2) is 6.70. The summed E-state index contributed by atoms with van der Waals surface area (Å²) in [6.45, 7) is 0.112. The predicted molar refractivity (Wildman–Crippen MR) is 84.2 cm³/mol. The highest BCUT2D eigenvalue weighted by atomic mass is 19.1. The van der Waals surface area contributed by atoms with Gasteiger partial charge in [-0.15, -0.1) is 0 Å². The third-order valence-corrected chi connectivity index (χ3v) is 4.07. The first-order chi connectivity index (χ1) is 11.6. The first kappa shape index (κ1) is 16.0. The summed E-state index contributed by atoms with van der Waals surface area (Å²) in [6, 6.07) is 11.0. The van der Waals surface area contributed by atoms with Crippen LogP contribution in [0, 0.1) is 5.82 Å². The van der Waals surface area contributed by atoms with Gasteiger partial charge in [0, 0.05) is 0 Å². The van der Waals surface area contributed by atoms with Gasteiger partial charge in [-0.2, -0.15) is 0 Å². The lowest BCUT2D eigenvalue weighted by Gasteiger charge is -2.16. The van der Waals surface area contributed by atoms with Gasteiger partial charge in [-0.25, -0.2) is 14.0 Å². The van der Waals surface area contributed by atoms with Crippen LogP contribution in [0.5, 0.6) is 0 Å². The van der Waals surface area contributed by atoms with Crippen molar-refractivity contribution in [2.75, 3.05) is 0 Å². The molecule has 1 amide bonds. The van der Waals surface area contributed by atoms with Gasteiger partial charge in [-0.1, -0.05) is 30.3 Å². The number of alkyl carbamates (subject to hydrolysis) is 1. The fourth-order valence-corrected chi connectivity index (χ4v) is 2.96. The molecule has 6 heteroatoms. The highest BCUT2D eigenvalue weighted by molar-refractivity contribution is 5.90. The molecular weight excluding hydrogens is 313 g/mol. The zero-order chi connectivity index (χ0) is 17.1. The molecule has 0 aromatic heterocycles. The van der Waals surface area contributed by atoms with Crippen molar-refractivity contribution in [3.8, 4) is 0 Å². The predicted octanol–water partition coefficient (Wildman–Crippen LogP) is 3.44. The molecule has 0 bridgehead atoms. The number of carboxylic acid groups (broad SMARTS) is 1. The number of aromatic carboxylic acids is 1. The molecule has 1 unspecified atom stereocenters. The van der Waals surface area contributed by atoms with Crippen molar-refractivity contribution in [3.05, 3.63) is 70.5 Å². The van der Waals surface area contributed by atoms with Gasteiger partial charge in [0.05, 0.1) is 11.6 Å². The number of carbonyl (C=O) groups excluding carboxylic acids is 1. The summed E-state index contributed by atoms with van der Waals surface area (Å²) in [6.07, 6.45) is 0.167. The second-order valence-electron chi connectivity index (χ2n) is 5.59. The van der Waals surface area contributed by atoms with Crippen LogP contribution < -0.4 is 5.32 Å². The standard InChI is InChI=1S/C18H16FNO4/c19-14-8-6-13(17(21)22)16-12(14)7-9-15(16)20-18(23)24-10-11-4-2-1-3-5-11/h1-6,8,15H,7,9-10H2,(H,20,23)(H,21,22). The van der Waals surface area contributed by atoms with Gasteiger partial charge < -0.3 is 15.2 Å². The molecule has 0 saturated carbocycles. The zero-order valence-electron chi connectivity index (χ0n) is 12.8. The fraction of sp³-hybridized carbons (Fsp3) is 0.222. The summed E-state index contributed by atoms with van der Waals surface area (Å²) in [7, 11) is 0. The maximum atomic E-state index is 13.9. The minimum atomic E-state index is -1.14. The molecule has 0 fully saturated rings. The summed E-state index contributed by atoms with van der Waals surface area (Å²) >= 11 is 0. The molecule has 0 heterocycles. The maximum Gasteiger partial charge on any atom is 0.407 e. The van der Waals surface area contributed by atoms with Crippen LogP contribution >= 0.6 is 0 Å². The Labute approximate surface area is 138 Å². The molecular formula is C18H16FNO4. The van der Waals surface area contributed by atoms with Crippen molar-refractivity contribution < 1.29 is 23.8 Å². The van der Waals surface area contributed by atoms with E-state index in [-0.39, 0.29) is 12.2 Å². The third kappa shape index (κ3) is 3.22. The Morgan fingerprint density at radius 2 is 1.96 bits per heavy atom. The van der Waals surface area contributed by atoms with Gasteiger partial charge in [0.1, 0.15) is 12.4 Å². The molecule has 2 N–H and O–H groups in total. The van der Waals surface area contributed by atoms with E-state index < -0.39 is 23.9 Å². The van der Waals surface area contributed by atoms with Crippen molar-refractivity contribution in [3.63, 3.8) is 0 Å². The first-order valence-electron chi connectivity index (χ1n) is 7.58. The minimum Gasteiger partial charge on any atom is -0.478 e. The van der Waals surface area contributed by atoms with E-state index in [0.29, 0.717) is 24.0 Å². The van der Waals surface area contributed by atoms with E-state index in [4.69, 9.17) is 4.74 Å². The Balaban J connectivity index is 1.71. The number of hydrogen-bond donors (Lipinski definition) is 2. The van der Waals surface area contributed by atoms with Gasteiger partial charge in [0.25, 0.3) is 0 Å². The zero-order valence-corrected chi connectivity index (χ0v) is 12.8. The smallest absolute Gasteiger partial charge is 0.407 e. The number of fused-ring (bicyclic) bond motifs is 1. The van der Waals surface area contributed by atoms with E-state index in [2.05, 4.69) is 5.32 Å². The van der Waals surface area contributed by atoms with Crippen molar-refractivity contribution in [2.45, 2.75) is 25.5 Å². The second-order valence-corrected chi connectivity index (χ2v) is 5.59. The van der Waals surface area contributed by atoms with E-state index in [1.165, 1.54) is 6.07 Å². The normalized spacial score (nSPS) is 15.6. The average Bonchev–Trinajstić information content (AvgIpc) is 2.99. The Hall–Kier alpha value is -2.89. The number of benzene rings is 2. The van der Waals surface area contributed by atoms with Crippen LogP contribution in [0.3, 0.4) is 0 Å². The van der Waals surface area contributed by atoms with Crippen LogP contribution in [0.15, 0.2) is 42.5 Å². The molecule has 2 aromatic carbocycles. The third-order valence-electron chi connectivity index (χ3n) is 4.07. The van der Waals surface area contributed by atoms with Crippen molar-refractivity contribution in [2.24, 2.45) is 0 Å². The molecule has 0 saturated heterocycles.